The van der Waals surface area contributed by atoms with Gasteiger partial charge in [0, 0.05) is 36.7 Å². The van der Waals surface area contributed by atoms with Crippen molar-refractivity contribution < 1.29 is 27.3 Å². The molecule has 0 aliphatic rings. The molecule has 294 valence electrons. The second-order valence-electron chi connectivity index (χ2n) is 14.4. The van der Waals surface area contributed by atoms with Crippen LogP contribution in [-0.2, 0) is 36.7 Å². The van der Waals surface area contributed by atoms with Gasteiger partial charge in [-0.2, -0.15) is 21.9 Å². The van der Waals surface area contributed by atoms with Gasteiger partial charge in [-0.3, -0.25) is 19.9 Å². The number of hydrogen-bond acceptors (Lipinski definition) is 6. The van der Waals surface area contributed by atoms with Crippen molar-refractivity contribution in [2.75, 3.05) is 0 Å². The Hall–Kier alpha value is -6.31. The number of aryl methyl sites for hydroxylation is 3. The number of rotatable bonds is 10. The van der Waals surface area contributed by atoms with E-state index in [9.17, 15) is 10.2 Å². The first kappa shape index (κ1) is 43.8. The molecular formula is C51H48BFeN4O2+. The van der Waals surface area contributed by atoms with Gasteiger partial charge in [0.05, 0.1) is 17.1 Å². The van der Waals surface area contributed by atoms with Crippen molar-refractivity contribution in [3.05, 3.63) is 234 Å². The van der Waals surface area contributed by atoms with Gasteiger partial charge in [0.25, 0.3) is 0 Å². The number of para-hydroxylation sites is 2. The fraction of sp³-hybridized carbons (Fsp3) is 0.118. The van der Waals surface area contributed by atoms with Crippen LogP contribution in [0.5, 0.6) is 11.5 Å². The average Bonchev–Trinajstić information content (AvgIpc) is 3.24. The smallest absolute Gasteiger partial charge is 0.873 e. The van der Waals surface area contributed by atoms with Gasteiger partial charge in [-0.25, -0.2) is 0 Å². The molecule has 0 radical (unpaired) electrons. The Kier molecular flexibility index (Phi) is 16.3. The fourth-order valence-corrected chi connectivity index (χ4v) is 7.49. The van der Waals surface area contributed by atoms with Crippen LogP contribution in [0.15, 0.2) is 200 Å². The Bertz CT molecular complexity index is 2160. The van der Waals surface area contributed by atoms with E-state index in [0.717, 1.165) is 53.8 Å². The van der Waals surface area contributed by atoms with Crippen molar-refractivity contribution in [2.45, 2.75) is 40.4 Å². The Balaban J connectivity index is 0.000000186. The van der Waals surface area contributed by atoms with Crippen LogP contribution in [-0.4, -0.2) is 26.0 Å². The molecule has 0 fully saturated rings. The van der Waals surface area contributed by atoms with Crippen molar-refractivity contribution in [3.63, 3.8) is 0 Å². The summed E-state index contributed by atoms with van der Waals surface area (Å²) in [5.74, 6) is -0.875. The molecule has 6 nitrogen and oxygen atoms in total. The molecule has 0 aliphatic heterocycles. The minimum atomic E-state index is -1.22. The van der Waals surface area contributed by atoms with Crippen LogP contribution in [0, 0.1) is 20.8 Å². The summed E-state index contributed by atoms with van der Waals surface area (Å²) in [6, 6.07) is 67.6. The van der Waals surface area contributed by atoms with Gasteiger partial charge < -0.3 is 10.2 Å². The summed E-state index contributed by atoms with van der Waals surface area (Å²) in [6.45, 7) is 8.39. The molecule has 8 rings (SSSR count). The van der Waals surface area contributed by atoms with Crippen LogP contribution in [0.1, 0.15) is 34.2 Å². The SMILES string of the molecule is Cc1cccc(CN(Cc2cccc(C)n2)Cc2cccc(C)n2)n1.[Fe+4].[O-]c1ccccc1[O-].c1ccc([B-](c2ccccc2)(c2ccccc2)c2ccccc2)cc1. The van der Waals surface area contributed by atoms with E-state index in [0.29, 0.717) is 0 Å². The standard InChI is InChI=1S/C24H20B.C21H24N4.C6H6O2.Fe/c1-5-13-21(14-6-1)25(22-15-7-2-8-16-22,23-17-9-3-10-18-23)24-19-11-4-12-20-24;1-16-7-4-10-19(22-16)13-25(14-20-11-5-8-17(2)23-20)15-21-12-6-9-18(3)24-21;7-5-3-1-2-4-6(5)8;/h1-20H;4-12H,13-15H2,1-3H3;1-4,7-8H;/q-1;;;+4/p-2. The zero-order valence-electron chi connectivity index (χ0n) is 33.7. The summed E-state index contributed by atoms with van der Waals surface area (Å²) in [6.07, 6.45) is -1.22. The average molecular weight is 816 g/mol. The van der Waals surface area contributed by atoms with Crippen LogP contribution in [0.3, 0.4) is 0 Å². The Morgan fingerprint density at radius 3 is 0.847 bits per heavy atom. The topological polar surface area (TPSA) is 88.0 Å². The zero-order valence-corrected chi connectivity index (χ0v) is 34.8. The van der Waals surface area contributed by atoms with Gasteiger partial charge in [-0.15, -0.1) is 11.5 Å². The summed E-state index contributed by atoms with van der Waals surface area (Å²) in [5.41, 5.74) is 11.7. The number of pyridine rings is 3. The van der Waals surface area contributed by atoms with Crippen molar-refractivity contribution in [3.8, 4) is 11.5 Å². The molecule has 5 aromatic carbocycles. The molecule has 8 heteroatoms. The number of benzene rings is 5. The Morgan fingerprint density at radius 2 is 0.610 bits per heavy atom. The second kappa shape index (κ2) is 22.0. The van der Waals surface area contributed by atoms with Crippen molar-refractivity contribution >= 4 is 28.0 Å². The summed E-state index contributed by atoms with van der Waals surface area (Å²) in [5, 5.41) is 20.6. The Morgan fingerprint density at radius 1 is 0.356 bits per heavy atom. The van der Waals surface area contributed by atoms with Gasteiger partial charge in [-0.1, -0.05) is 164 Å². The van der Waals surface area contributed by atoms with Gasteiger partial charge in [0.15, 0.2) is 0 Å². The van der Waals surface area contributed by atoms with Gasteiger partial charge >= 0.3 is 17.1 Å². The van der Waals surface area contributed by atoms with Crippen LogP contribution < -0.4 is 32.1 Å². The molecule has 8 aromatic rings. The first-order valence-electron chi connectivity index (χ1n) is 19.6. The predicted molar refractivity (Wildman–Crippen MR) is 235 cm³/mol. The van der Waals surface area contributed by atoms with Crippen LogP contribution in [0.2, 0.25) is 0 Å². The van der Waals surface area contributed by atoms with Gasteiger partial charge in [0.2, 0.25) is 0 Å². The first-order chi connectivity index (χ1) is 28.3. The van der Waals surface area contributed by atoms with E-state index in [1.807, 2.05) is 39.0 Å². The molecule has 0 saturated carbocycles. The summed E-state index contributed by atoms with van der Waals surface area (Å²) < 4.78 is 0. The summed E-state index contributed by atoms with van der Waals surface area (Å²) in [4.78, 5) is 16.3. The van der Waals surface area contributed by atoms with Crippen LogP contribution in [0.4, 0.5) is 0 Å². The van der Waals surface area contributed by atoms with Gasteiger partial charge in [-0.05, 0) is 57.2 Å². The number of aromatic nitrogens is 3. The van der Waals surface area contributed by atoms with E-state index in [4.69, 9.17) is 0 Å². The first-order valence-corrected chi connectivity index (χ1v) is 19.6. The third kappa shape index (κ3) is 12.1. The zero-order chi connectivity index (χ0) is 40.6. The molecule has 0 spiro atoms. The minimum absolute atomic E-state index is 0. The van der Waals surface area contributed by atoms with Crippen LogP contribution >= 0.6 is 0 Å². The van der Waals surface area contributed by atoms with Crippen LogP contribution in [0.25, 0.3) is 0 Å². The van der Waals surface area contributed by atoms with Crippen molar-refractivity contribution in [2.24, 2.45) is 0 Å². The molecular weight excluding hydrogens is 767 g/mol. The van der Waals surface area contributed by atoms with Gasteiger partial charge in [0.1, 0.15) is 6.15 Å². The molecule has 0 aliphatic carbocycles. The Labute approximate surface area is 359 Å². The van der Waals surface area contributed by atoms with Crippen molar-refractivity contribution in [1.29, 1.82) is 0 Å². The maximum Gasteiger partial charge on any atom is 4.00 e. The maximum absolute atomic E-state index is 10.3. The van der Waals surface area contributed by atoms with E-state index >= 15 is 0 Å². The van der Waals surface area contributed by atoms with Crippen molar-refractivity contribution in [1.82, 2.24) is 19.9 Å². The molecule has 3 heterocycles. The summed E-state index contributed by atoms with van der Waals surface area (Å²) >= 11 is 0. The molecule has 3 aromatic heterocycles. The molecule has 0 amide bonds. The third-order valence-electron chi connectivity index (χ3n) is 10.0. The normalized spacial score (nSPS) is 10.6. The maximum atomic E-state index is 10.3. The molecule has 0 unspecified atom stereocenters. The predicted octanol–water partition coefficient (Wildman–Crippen LogP) is 6.89. The van der Waals surface area contributed by atoms with E-state index in [2.05, 4.69) is 178 Å². The minimum Gasteiger partial charge on any atom is -0.873 e. The monoisotopic (exact) mass is 815 g/mol. The fourth-order valence-electron chi connectivity index (χ4n) is 7.49. The van der Waals surface area contributed by atoms with E-state index < -0.39 is 17.6 Å². The number of nitrogens with zero attached hydrogens (tertiary/aromatic N) is 4. The molecule has 0 N–H and O–H groups in total. The van der Waals surface area contributed by atoms with E-state index in [1.165, 1.54) is 34.0 Å². The van der Waals surface area contributed by atoms with E-state index in [1.54, 1.807) is 12.1 Å². The number of hydrogen-bond donors (Lipinski definition) is 0. The molecule has 0 atom stereocenters. The largest absolute Gasteiger partial charge is 4.00 e. The summed E-state index contributed by atoms with van der Waals surface area (Å²) in [7, 11) is 0. The van der Waals surface area contributed by atoms with E-state index in [-0.39, 0.29) is 17.1 Å². The third-order valence-corrected chi connectivity index (χ3v) is 10.0. The molecule has 59 heavy (non-hydrogen) atoms. The molecule has 0 saturated heterocycles. The quantitative estimate of drug-likeness (QED) is 0.140. The second-order valence-corrected chi connectivity index (χ2v) is 14.4. The molecule has 0 bridgehead atoms.